The molecule has 0 aromatic carbocycles. The van der Waals surface area contributed by atoms with Crippen LogP contribution < -0.4 is 5.32 Å². The minimum absolute atomic E-state index is 0.725. The Morgan fingerprint density at radius 2 is 2.06 bits per heavy atom. The van der Waals surface area contributed by atoms with E-state index in [1.54, 1.807) is 0 Å². The van der Waals surface area contributed by atoms with Crippen LogP contribution in [-0.4, -0.2) is 12.6 Å². The van der Waals surface area contributed by atoms with Gasteiger partial charge in [-0.25, -0.2) is 0 Å². The lowest BCUT2D eigenvalue weighted by atomic mass is 10.0. The maximum Gasteiger partial charge on any atom is 0.0701 e. The van der Waals surface area contributed by atoms with E-state index in [1.807, 2.05) is 11.3 Å². The molecule has 0 bridgehead atoms. The smallest absolute Gasteiger partial charge is 0.0701 e. The second-order valence-electron chi connectivity index (χ2n) is 4.54. The zero-order valence-electron chi connectivity index (χ0n) is 11.0. The van der Waals surface area contributed by atoms with Gasteiger partial charge in [-0.05, 0) is 66.7 Å². The summed E-state index contributed by atoms with van der Waals surface area (Å²) < 4.78 is 1.25. The lowest BCUT2D eigenvalue weighted by Gasteiger charge is -2.17. The molecule has 0 radical (unpaired) electrons. The first kappa shape index (κ1) is 15.2. The van der Waals surface area contributed by atoms with Gasteiger partial charge in [-0.3, -0.25) is 0 Å². The predicted molar refractivity (Wildman–Crippen MR) is 81.9 cm³/mol. The summed E-state index contributed by atoms with van der Waals surface area (Å²) in [6.07, 6.45) is 7.67. The molecule has 0 saturated carbocycles. The van der Waals surface area contributed by atoms with Crippen LogP contribution in [0.2, 0.25) is 0 Å². The molecule has 0 amide bonds. The number of rotatable bonds is 9. The summed E-state index contributed by atoms with van der Waals surface area (Å²) in [6.45, 7) is 5.67. The predicted octanol–water partition coefficient (Wildman–Crippen LogP) is 5.00. The molecule has 1 heterocycles. The van der Waals surface area contributed by atoms with Gasteiger partial charge in [0.25, 0.3) is 0 Å². The number of halogens is 1. The SMILES string of the molecule is CCCNC(CCC)CCCc1ccc(Br)s1. The highest BCUT2D eigenvalue weighted by Crippen LogP contribution is 2.23. The second kappa shape index (κ2) is 9.12. The molecule has 1 unspecified atom stereocenters. The number of nitrogens with one attached hydrogen (secondary N) is 1. The molecule has 1 atom stereocenters. The number of hydrogen-bond acceptors (Lipinski definition) is 2. The highest BCUT2D eigenvalue weighted by Gasteiger charge is 2.06. The molecule has 17 heavy (non-hydrogen) atoms. The van der Waals surface area contributed by atoms with Gasteiger partial charge in [-0.2, -0.15) is 0 Å². The molecule has 0 spiro atoms. The molecular weight excluding hydrogens is 294 g/mol. The van der Waals surface area contributed by atoms with Crippen LogP contribution in [-0.2, 0) is 6.42 Å². The van der Waals surface area contributed by atoms with Crippen molar-refractivity contribution in [2.45, 2.75) is 58.4 Å². The zero-order chi connectivity index (χ0) is 12.5. The Labute approximate surface area is 118 Å². The van der Waals surface area contributed by atoms with Crippen LogP contribution in [0.3, 0.4) is 0 Å². The average molecular weight is 318 g/mol. The van der Waals surface area contributed by atoms with Gasteiger partial charge < -0.3 is 5.32 Å². The fraction of sp³-hybridized carbons (Fsp3) is 0.714. The lowest BCUT2D eigenvalue weighted by Crippen LogP contribution is -2.29. The highest BCUT2D eigenvalue weighted by molar-refractivity contribution is 9.11. The number of aryl methyl sites for hydroxylation is 1. The van der Waals surface area contributed by atoms with Crippen LogP contribution in [0.1, 0.15) is 50.8 Å². The normalized spacial score (nSPS) is 12.9. The van der Waals surface area contributed by atoms with Crippen molar-refractivity contribution in [2.75, 3.05) is 6.54 Å². The summed E-state index contributed by atoms with van der Waals surface area (Å²) >= 11 is 5.39. The van der Waals surface area contributed by atoms with Crippen molar-refractivity contribution in [1.82, 2.24) is 5.32 Å². The Morgan fingerprint density at radius 1 is 1.24 bits per heavy atom. The third kappa shape index (κ3) is 6.58. The lowest BCUT2D eigenvalue weighted by molar-refractivity contribution is 0.438. The second-order valence-corrected chi connectivity index (χ2v) is 7.09. The van der Waals surface area contributed by atoms with E-state index in [2.05, 4.69) is 47.2 Å². The van der Waals surface area contributed by atoms with E-state index in [-0.39, 0.29) is 0 Å². The van der Waals surface area contributed by atoms with Crippen molar-refractivity contribution in [3.05, 3.63) is 20.8 Å². The molecule has 0 fully saturated rings. The van der Waals surface area contributed by atoms with E-state index in [0.29, 0.717) is 0 Å². The van der Waals surface area contributed by atoms with Gasteiger partial charge in [0, 0.05) is 10.9 Å². The van der Waals surface area contributed by atoms with Crippen molar-refractivity contribution < 1.29 is 0 Å². The van der Waals surface area contributed by atoms with Gasteiger partial charge in [0.15, 0.2) is 0 Å². The van der Waals surface area contributed by atoms with E-state index < -0.39 is 0 Å². The van der Waals surface area contributed by atoms with E-state index in [1.165, 1.54) is 47.2 Å². The molecule has 0 saturated heterocycles. The van der Waals surface area contributed by atoms with E-state index in [0.717, 1.165) is 12.6 Å². The molecule has 1 rings (SSSR count). The first-order valence-corrected chi connectivity index (χ1v) is 8.34. The summed E-state index contributed by atoms with van der Waals surface area (Å²) in [7, 11) is 0. The van der Waals surface area contributed by atoms with Crippen molar-refractivity contribution in [3.8, 4) is 0 Å². The Kier molecular flexibility index (Phi) is 8.15. The first-order chi connectivity index (χ1) is 8.26. The number of hydrogen-bond donors (Lipinski definition) is 1. The van der Waals surface area contributed by atoms with Crippen molar-refractivity contribution >= 4 is 27.3 Å². The minimum Gasteiger partial charge on any atom is -0.314 e. The Morgan fingerprint density at radius 3 is 2.65 bits per heavy atom. The van der Waals surface area contributed by atoms with Crippen molar-refractivity contribution in [2.24, 2.45) is 0 Å². The zero-order valence-corrected chi connectivity index (χ0v) is 13.4. The van der Waals surface area contributed by atoms with Crippen LogP contribution >= 0.6 is 27.3 Å². The van der Waals surface area contributed by atoms with Gasteiger partial charge in [-0.1, -0.05) is 20.3 Å². The monoisotopic (exact) mass is 317 g/mol. The molecule has 1 aromatic rings. The summed E-state index contributed by atoms with van der Waals surface area (Å²) in [4.78, 5) is 1.50. The maximum absolute atomic E-state index is 3.66. The topological polar surface area (TPSA) is 12.0 Å². The standard InChI is InChI=1S/C14H24BrNS/c1-3-6-12(16-11-4-2)7-5-8-13-9-10-14(15)17-13/h9-10,12,16H,3-8,11H2,1-2H3. The Balaban J connectivity index is 2.21. The average Bonchev–Trinajstić information content (AvgIpc) is 2.72. The molecule has 3 heteroatoms. The van der Waals surface area contributed by atoms with Gasteiger partial charge in [0.2, 0.25) is 0 Å². The summed E-state index contributed by atoms with van der Waals surface area (Å²) in [6, 6.07) is 5.12. The van der Waals surface area contributed by atoms with Crippen LogP contribution in [0.4, 0.5) is 0 Å². The van der Waals surface area contributed by atoms with Gasteiger partial charge in [0.05, 0.1) is 3.79 Å². The molecular formula is C14H24BrNS. The van der Waals surface area contributed by atoms with Crippen LogP contribution in [0.25, 0.3) is 0 Å². The molecule has 0 aliphatic rings. The van der Waals surface area contributed by atoms with Crippen LogP contribution in [0.5, 0.6) is 0 Å². The van der Waals surface area contributed by atoms with Gasteiger partial charge in [0.1, 0.15) is 0 Å². The van der Waals surface area contributed by atoms with Crippen molar-refractivity contribution in [1.29, 1.82) is 0 Å². The van der Waals surface area contributed by atoms with E-state index in [4.69, 9.17) is 0 Å². The molecule has 1 aromatic heterocycles. The third-order valence-corrected chi connectivity index (χ3v) is 4.61. The van der Waals surface area contributed by atoms with Crippen LogP contribution in [0, 0.1) is 0 Å². The number of thiophene rings is 1. The Hall–Kier alpha value is 0.140. The maximum atomic E-state index is 3.66. The molecule has 1 N–H and O–H groups in total. The largest absolute Gasteiger partial charge is 0.314 e. The van der Waals surface area contributed by atoms with E-state index in [9.17, 15) is 0 Å². The molecule has 0 aliphatic heterocycles. The summed E-state index contributed by atoms with van der Waals surface area (Å²) in [5.74, 6) is 0. The highest BCUT2D eigenvalue weighted by atomic mass is 79.9. The molecule has 0 aliphatic carbocycles. The summed E-state index contributed by atoms with van der Waals surface area (Å²) in [5.41, 5.74) is 0. The molecule has 1 nitrogen and oxygen atoms in total. The van der Waals surface area contributed by atoms with Crippen LogP contribution in [0.15, 0.2) is 15.9 Å². The minimum atomic E-state index is 0.725. The van der Waals surface area contributed by atoms with E-state index >= 15 is 0 Å². The fourth-order valence-corrected chi connectivity index (χ4v) is 3.58. The quantitative estimate of drug-likeness (QED) is 0.675. The van der Waals surface area contributed by atoms with Gasteiger partial charge in [-0.15, -0.1) is 11.3 Å². The summed E-state index contributed by atoms with van der Waals surface area (Å²) in [5, 5.41) is 3.66. The molecule has 98 valence electrons. The van der Waals surface area contributed by atoms with Crippen molar-refractivity contribution in [3.63, 3.8) is 0 Å². The first-order valence-electron chi connectivity index (χ1n) is 6.73. The third-order valence-electron chi connectivity index (χ3n) is 2.92. The van der Waals surface area contributed by atoms with Gasteiger partial charge >= 0.3 is 0 Å². The fourth-order valence-electron chi connectivity index (χ4n) is 2.05. The Bertz CT molecular complexity index is 298.